The summed E-state index contributed by atoms with van der Waals surface area (Å²) < 4.78 is 63.4. The summed E-state index contributed by atoms with van der Waals surface area (Å²) in [4.78, 5) is 69.1. The fourth-order valence-corrected chi connectivity index (χ4v) is 7.97. The zero-order chi connectivity index (χ0) is 43.4. The average molecular weight is 876 g/mol. The van der Waals surface area contributed by atoms with Crippen molar-refractivity contribution in [1.29, 1.82) is 0 Å². The number of anilines is 1. The van der Waals surface area contributed by atoms with Gasteiger partial charge in [0, 0.05) is 29.3 Å². The molecule has 0 spiro atoms. The number of oxime groups is 1. The summed E-state index contributed by atoms with van der Waals surface area (Å²) in [6, 6.07) is 7.04. The van der Waals surface area contributed by atoms with Crippen LogP contribution in [0.4, 0.5) is 23.1 Å². The Morgan fingerprint density at radius 3 is 2.58 bits per heavy atom. The van der Waals surface area contributed by atoms with Crippen molar-refractivity contribution in [1.82, 2.24) is 29.1 Å². The topological polar surface area (TPSA) is 218 Å². The molecule has 5 heterocycles. The lowest BCUT2D eigenvalue weighted by atomic mass is 10.0. The zero-order valence-electron chi connectivity index (χ0n) is 33.0. The van der Waals surface area contributed by atoms with Crippen LogP contribution in [0.3, 0.4) is 0 Å². The van der Waals surface area contributed by atoms with E-state index in [4.69, 9.17) is 24.8 Å². The smallest absolute Gasteiger partial charge is 0.414 e. The number of thioether (sulfide) groups is 1. The van der Waals surface area contributed by atoms with Crippen LogP contribution in [-0.4, -0.2) is 102 Å². The predicted molar refractivity (Wildman–Crippen MR) is 211 cm³/mol. The van der Waals surface area contributed by atoms with Crippen molar-refractivity contribution in [3.8, 4) is 5.75 Å². The molecule has 1 aromatic carbocycles. The minimum atomic E-state index is -4.57. The molecule has 320 valence electrons. The molecule has 2 aliphatic heterocycles. The van der Waals surface area contributed by atoms with E-state index in [-0.39, 0.29) is 60.8 Å². The Bertz CT molecular complexity index is 2310. The van der Waals surface area contributed by atoms with E-state index in [1.54, 1.807) is 79.6 Å². The Balaban J connectivity index is 1.25. The number of benzene rings is 1. The van der Waals surface area contributed by atoms with Crippen molar-refractivity contribution in [2.45, 2.75) is 83.0 Å². The number of aromatic nitrogens is 5. The monoisotopic (exact) mass is 875 g/mol. The van der Waals surface area contributed by atoms with Crippen LogP contribution in [0.15, 0.2) is 65.3 Å². The molecule has 1 fully saturated rings. The van der Waals surface area contributed by atoms with Crippen molar-refractivity contribution in [2.75, 3.05) is 24.8 Å². The first-order chi connectivity index (χ1) is 28.5. The fourth-order valence-electron chi connectivity index (χ4n) is 6.08. The molecule has 1 saturated heterocycles. The fraction of sp³-hybridized carbons (Fsp3) is 0.432. The van der Waals surface area contributed by atoms with Crippen LogP contribution in [0, 0.1) is 0 Å². The Morgan fingerprint density at radius 2 is 1.90 bits per heavy atom. The highest BCUT2D eigenvalue weighted by molar-refractivity contribution is 8.00. The highest BCUT2D eigenvalue weighted by Crippen LogP contribution is 2.41. The van der Waals surface area contributed by atoms with Gasteiger partial charge in [-0.15, -0.1) is 16.7 Å². The lowest BCUT2D eigenvalue weighted by Crippen LogP contribution is -2.71. The SMILES string of the molecule is CCO/N=C(\C(=O)NC1C(=O)N2C(C(=O)OCc3ccc(OC)cc3)=C(C[n+]3cn(CCC(N)C(F)(F)F)c4cccnc43)CSC12)c1nsc(NC(=O)OC(C)(C)C)n1. The number of aryl methyl sites for hydroxylation is 1. The molecule has 3 aromatic heterocycles. The van der Waals surface area contributed by atoms with Crippen molar-refractivity contribution in [2.24, 2.45) is 10.9 Å². The molecule has 6 rings (SSSR count). The predicted octanol–water partition coefficient (Wildman–Crippen LogP) is 3.65. The molecule has 3 unspecified atom stereocenters. The third-order valence-corrected chi connectivity index (χ3v) is 10.9. The third-order valence-electron chi connectivity index (χ3n) is 8.89. The van der Waals surface area contributed by atoms with Gasteiger partial charge in [0.05, 0.1) is 20.2 Å². The van der Waals surface area contributed by atoms with Gasteiger partial charge in [0.2, 0.25) is 16.7 Å². The standard InChI is InChI=1S/C37H41F3N10O8S2/c1-6-57-46-25(28-44-34(60-47-28)45-35(54)58-36(2,3)4)30(51)43-26-31(52)50-27(33(53)56-17-20-9-11-22(55-5)12-10-20)21(18-59-32(26)50)16-49-19-48(15-13-24(41)37(38,39)40)23-8-7-14-42-29(23)49/h7-12,14,19,24,26,32H,6,13,15-18,41H2,1-5H3,(H-,43,44,45,47,51,54)/p+1/b46-25-. The summed E-state index contributed by atoms with van der Waals surface area (Å²) >= 11 is 2.04. The quantitative estimate of drug-likeness (QED) is 0.0512. The number of methoxy groups -OCH3 is 1. The van der Waals surface area contributed by atoms with Gasteiger partial charge < -0.3 is 30.1 Å². The summed E-state index contributed by atoms with van der Waals surface area (Å²) in [6.45, 7) is 6.60. The van der Waals surface area contributed by atoms with Gasteiger partial charge in [-0.3, -0.25) is 24.4 Å². The van der Waals surface area contributed by atoms with Crippen molar-refractivity contribution in [3.05, 3.63) is 71.6 Å². The molecule has 3 amide bonds. The third kappa shape index (κ3) is 10.1. The van der Waals surface area contributed by atoms with Crippen LogP contribution in [0.5, 0.6) is 5.75 Å². The molecule has 18 nitrogen and oxygen atoms in total. The highest BCUT2D eigenvalue weighted by Gasteiger charge is 2.55. The number of β-lactam (4-membered cyclic amide) rings is 1. The van der Waals surface area contributed by atoms with Crippen LogP contribution < -0.4 is 25.7 Å². The molecule has 60 heavy (non-hydrogen) atoms. The molecule has 2 aliphatic rings. The molecule has 0 aliphatic carbocycles. The number of nitrogens with zero attached hydrogens (tertiary/aromatic N) is 7. The van der Waals surface area contributed by atoms with Crippen molar-refractivity contribution >= 4 is 69.2 Å². The first-order valence-corrected chi connectivity index (χ1v) is 20.3. The molecule has 0 radical (unpaired) electrons. The minimum absolute atomic E-state index is 0.0135. The second kappa shape index (κ2) is 18.2. The number of halogens is 3. The van der Waals surface area contributed by atoms with E-state index in [9.17, 15) is 32.3 Å². The number of hydrogen-bond donors (Lipinski definition) is 3. The van der Waals surface area contributed by atoms with Gasteiger partial charge in [-0.2, -0.15) is 22.5 Å². The average Bonchev–Trinajstić information content (AvgIpc) is 3.81. The number of amides is 3. The first kappa shape index (κ1) is 43.8. The largest absolute Gasteiger partial charge is 0.497 e. The maximum Gasteiger partial charge on any atom is 0.414 e. The second-order valence-electron chi connectivity index (χ2n) is 14.4. The van der Waals surface area contributed by atoms with E-state index in [2.05, 4.69) is 30.1 Å². The number of nitrogens with one attached hydrogen (secondary N) is 2. The number of pyridine rings is 1. The molecule has 4 aromatic rings. The van der Waals surface area contributed by atoms with Gasteiger partial charge in [0.25, 0.3) is 11.8 Å². The van der Waals surface area contributed by atoms with Crippen molar-refractivity contribution in [3.63, 3.8) is 0 Å². The maximum absolute atomic E-state index is 14.0. The number of ether oxygens (including phenoxy) is 3. The van der Waals surface area contributed by atoms with Gasteiger partial charge in [0.1, 0.15) is 53.9 Å². The molecular formula is C37H42F3N10O8S2+. The number of carbonyl (C=O) groups excluding carboxylic acids is 4. The highest BCUT2D eigenvalue weighted by atomic mass is 32.2. The zero-order valence-corrected chi connectivity index (χ0v) is 34.7. The number of fused-ring (bicyclic) bond motifs is 2. The number of nitrogens with two attached hydrogens (primary N) is 1. The summed E-state index contributed by atoms with van der Waals surface area (Å²) in [5, 5.41) is 8.25. The van der Waals surface area contributed by atoms with Crippen LogP contribution >= 0.6 is 23.3 Å². The van der Waals surface area contributed by atoms with E-state index < -0.39 is 53.1 Å². The van der Waals surface area contributed by atoms with Crippen LogP contribution in [0.25, 0.3) is 11.2 Å². The second-order valence-corrected chi connectivity index (χ2v) is 16.2. The van der Waals surface area contributed by atoms with Crippen molar-refractivity contribution < 1.29 is 56.0 Å². The Labute approximate surface area is 349 Å². The Morgan fingerprint density at radius 1 is 1.15 bits per heavy atom. The van der Waals surface area contributed by atoms with Gasteiger partial charge in [-0.05, 0) is 57.5 Å². The van der Waals surface area contributed by atoms with Crippen LogP contribution in [-0.2, 0) is 48.4 Å². The number of imidazole rings is 1. The molecule has 0 saturated carbocycles. The molecule has 23 heteroatoms. The number of carbonyl (C=O) groups is 4. The number of esters is 1. The van der Waals surface area contributed by atoms with Gasteiger partial charge in [0.15, 0.2) is 11.8 Å². The van der Waals surface area contributed by atoms with E-state index in [0.29, 0.717) is 28.0 Å². The van der Waals surface area contributed by atoms with Gasteiger partial charge in [-0.25, -0.2) is 14.2 Å². The van der Waals surface area contributed by atoms with E-state index >= 15 is 0 Å². The summed E-state index contributed by atoms with van der Waals surface area (Å²) in [5.41, 5.74) is 6.26. The van der Waals surface area contributed by atoms with Gasteiger partial charge in [-0.1, -0.05) is 17.3 Å². The Kier molecular flexibility index (Phi) is 13.3. The van der Waals surface area contributed by atoms with E-state index in [1.807, 2.05) is 0 Å². The van der Waals surface area contributed by atoms with E-state index in [1.165, 1.54) is 30.0 Å². The minimum Gasteiger partial charge on any atom is -0.497 e. The maximum atomic E-state index is 14.0. The lowest BCUT2D eigenvalue weighted by Gasteiger charge is -2.49. The lowest BCUT2D eigenvalue weighted by molar-refractivity contribution is -0.665. The van der Waals surface area contributed by atoms with Crippen LogP contribution in [0.2, 0.25) is 0 Å². The van der Waals surface area contributed by atoms with Crippen LogP contribution in [0.1, 0.15) is 45.5 Å². The summed E-state index contributed by atoms with van der Waals surface area (Å²) in [5.74, 6) is -1.70. The molecular weight excluding hydrogens is 834 g/mol. The number of rotatable bonds is 15. The first-order valence-electron chi connectivity index (χ1n) is 18.4. The molecule has 0 bridgehead atoms. The number of alkyl halides is 3. The molecule has 4 N–H and O–H groups in total. The summed E-state index contributed by atoms with van der Waals surface area (Å²) in [6.07, 6.45) is -2.63. The van der Waals surface area contributed by atoms with E-state index in [0.717, 1.165) is 11.5 Å². The summed E-state index contributed by atoms with van der Waals surface area (Å²) in [7, 11) is 1.52. The number of hydrogen-bond acceptors (Lipinski definition) is 15. The normalized spacial score (nSPS) is 17.4. The Hall–Kier alpha value is -5.81. The van der Waals surface area contributed by atoms with Gasteiger partial charge >= 0.3 is 23.9 Å². The molecule has 3 atom stereocenters.